The van der Waals surface area contributed by atoms with Crippen molar-refractivity contribution in [2.24, 2.45) is 0 Å². The van der Waals surface area contributed by atoms with Crippen LogP contribution in [0.5, 0.6) is 0 Å². The summed E-state index contributed by atoms with van der Waals surface area (Å²) in [5, 5.41) is 4.14. The molecule has 2 aromatic carbocycles. The number of amides is 3. The van der Waals surface area contributed by atoms with Gasteiger partial charge < -0.3 is 10.1 Å². The maximum absolute atomic E-state index is 12.0. The molecule has 0 aliphatic heterocycles. The number of carbonyl (C=O) groups is 3. The molecule has 136 valence electrons. The Labute approximate surface area is 156 Å². The number of anilines is 1. The predicted molar refractivity (Wildman–Crippen MR) is 101 cm³/mol. The highest BCUT2D eigenvalue weighted by Crippen LogP contribution is 2.24. The number of carbonyl (C=O) groups excluding carboxylic acids is 3. The minimum atomic E-state index is -0.695. The van der Waals surface area contributed by atoms with Gasteiger partial charge >= 0.3 is 12.0 Å². The number of hydrogen-bond donors (Lipinski definition) is 2. The summed E-state index contributed by atoms with van der Waals surface area (Å²) in [7, 11) is 0. The van der Waals surface area contributed by atoms with Crippen LogP contribution in [-0.4, -0.2) is 29.8 Å². The molecule has 0 aliphatic carbocycles. The Morgan fingerprint density at radius 2 is 1.69 bits per heavy atom. The zero-order valence-electron chi connectivity index (χ0n) is 14.5. The van der Waals surface area contributed by atoms with Gasteiger partial charge in [0.2, 0.25) is 0 Å². The second-order valence-electron chi connectivity index (χ2n) is 5.55. The van der Waals surface area contributed by atoms with Crippen LogP contribution in [0.1, 0.15) is 12.5 Å². The van der Waals surface area contributed by atoms with Crippen molar-refractivity contribution in [3.8, 4) is 0 Å². The van der Waals surface area contributed by atoms with E-state index in [1.54, 1.807) is 31.2 Å². The summed E-state index contributed by atoms with van der Waals surface area (Å²) in [5.41, 5.74) is 1.69. The van der Waals surface area contributed by atoms with Crippen LogP contribution in [0.4, 0.5) is 10.5 Å². The molecule has 1 atom stereocenters. The third-order valence-corrected chi connectivity index (χ3v) is 4.39. The normalized spacial score (nSPS) is 11.3. The molecule has 2 rings (SSSR count). The van der Waals surface area contributed by atoms with Crippen LogP contribution in [0, 0.1) is 6.92 Å². The summed E-state index contributed by atoms with van der Waals surface area (Å²) < 4.78 is 4.96. The number of ether oxygens (including phenoxy) is 1. The summed E-state index contributed by atoms with van der Waals surface area (Å²) in [6.07, 6.45) is 0. The molecule has 2 aromatic rings. The first kappa shape index (κ1) is 19.5. The van der Waals surface area contributed by atoms with Crippen molar-refractivity contribution in [2.45, 2.75) is 24.0 Å². The Morgan fingerprint density at radius 3 is 2.35 bits per heavy atom. The van der Waals surface area contributed by atoms with Crippen LogP contribution in [0.15, 0.2) is 59.5 Å². The maximum Gasteiger partial charge on any atom is 0.325 e. The van der Waals surface area contributed by atoms with Crippen molar-refractivity contribution in [3.63, 3.8) is 0 Å². The van der Waals surface area contributed by atoms with Gasteiger partial charge in [-0.2, -0.15) is 0 Å². The standard InChI is InChI=1S/C19H20N2O4S/c1-13-8-10-16(11-9-13)26-14(2)18(23)25-12-17(22)21-19(24)20-15-6-4-3-5-7-15/h3-11,14H,12H2,1-2H3,(H2,20,21,22,24)/t14-/m1/s1. The summed E-state index contributed by atoms with van der Waals surface area (Å²) in [6.45, 7) is 3.17. The lowest BCUT2D eigenvalue weighted by Crippen LogP contribution is -2.37. The van der Waals surface area contributed by atoms with Gasteiger partial charge in [-0.25, -0.2) is 4.79 Å². The van der Waals surface area contributed by atoms with E-state index < -0.39 is 29.8 Å². The van der Waals surface area contributed by atoms with E-state index in [1.807, 2.05) is 37.3 Å². The molecular formula is C19H20N2O4S. The molecule has 0 heterocycles. The fraction of sp³-hybridized carbons (Fsp3) is 0.211. The smallest absolute Gasteiger partial charge is 0.325 e. The average molecular weight is 372 g/mol. The van der Waals surface area contributed by atoms with Crippen LogP contribution in [0.2, 0.25) is 0 Å². The average Bonchev–Trinajstić information content (AvgIpc) is 2.62. The first-order chi connectivity index (χ1) is 12.4. The molecule has 6 nitrogen and oxygen atoms in total. The van der Waals surface area contributed by atoms with Gasteiger partial charge in [-0.3, -0.25) is 14.9 Å². The Morgan fingerprint density at radius 1 is 1.04 bits per heavy atom. The van der Waals surface area contributed by atoms with E-state index in [9.17, 15) is 14.4 Å². The third kappa shape index (κ3) is 6.60. The Hall–Kier alpha value is -2.80. The Balaban J connectivity index is 1.72. The molecule has 0 bridgehead atoms. The van der Waals surface area contributed by atoms with Crippen LogP contribution < -0.4 is 10.6 Å². The second-order valence-corrected chi connectivity index (χ2v) is 6.96. The van der Waals surface area contributed by atoms with E-state index in [0.717, 1.165) is 10.5 Å². The lowest BCUT2D eigenvalue weighted by Gasteiger charge is -2.11. The number of aryl methyl sites for hydroxylation is 1. The summed E-state index contributed by atoms with van der Waals surface area (Å²) in [5.74, 6) is -1.21. The highest BCUT2D eigenvalue weighted by molar-refractivity contribution is 8.00. The maximum atomic E-state index is 12.0. The van der Waals surface area contributed by atoms with Gasteiger partial charge in [0, 0.05) is 10.6 Å². The lowest BCUT2D eigenvalue weighted by molar-refractivity contribution is -0.147. The molecule has 0 radical (unpaired) electrons. The number of benzene rings is 2. The van der Waals surface area contributed by atoms with E-state index in [2.05, 4.69) is 10.6 Å². The molecule has 0 saturated heterocycles. The summed E-state index contributed by atoms with van der Waals surface area (Å²) in [6, 6.07) is 15.8. The first-order valence-electron chi connectivity index (χ1n) is 8.00. The molecular weight excluding hydrogens is 352 g/mol. The van der Waals surface area contributed by atoms with Gasteiger partial charge in [0.05, 0.1) is 0 Å². The Bertz CT molecular complexity index is 763. The number of esters is 1. The van der Waals surface area contributed by atoms with Gasteiger partial charge in [0.1, 0.15) is 5.25 Å². The van der Waals surface area contributed by atoms with E-state index in [4.69, 9.17) is 4.74 Å². The molecule has 0 unspecified atom stereocenters. The molecule has 3 amide bonds. The number of urea groups is 1. The fourth-order valence-corrected chi connectivity index (χ4v) is 2.84. The number of nitrogens with one attached hydrogen (secondary N) is 2. The topological polar surface area (TPSA) is 84.5 Å². The zero-order valence-corrected chi connectivity index (χ0v) is 15.3. The highest BCUT2D eigenvalue weighted by atomic mass is 32.2. The molecule has 0 fully saturated rings. The van der Waals surface area contributed by atoms with E-state index in [0.29, 0.717) is 5.69 Å². The van der Waals surface area contributed by atoms with Gasteiger partial charge in [0.15, 0.2) is 6.61 Å². The van der Waals surface area contributed by atoms with E-state index >= 15 is 0 Å². The Kier molecular flexibility index (Phi) is 7.23. The largest absolute Gasteiger partial charge is 0.455 e. The number of rotatable bonds is 6. The van der Waals surface area contributed by atoms with Crippen molar-refractivity contribution in [2.75, 3.05) is 11.9 Å². The van der Waals surface area contributed by atoms with Crippen LogP contribution in [-0.2, 0) is 14.3 Å². The SMILES string of the molecule is Cc1ccc(S[C@H](C)C(=O)OCC(=O)NC(=O)Nc2ccccc2)cc1. The molecule has 0 aliphatic rings. The van der Waals surface area contributed by atoms with Crippen LogP contribution in [0.25, 0.3) is 0 Å². The van der Waals surface area contributed by atoms with Gasteiger partial charge in [-0.1, -0.05) is 35.9 Å². The third-order valence-electron chi connectivity index (χ3n) is 3.30. The van der Waals surface area contributed by atoms with Crippen LogP contribution in [0.3, 0.4) is 0 Å². The number of imide groups is 1. The molecule has 2 N–H and O–H groups in total. The molecule has 0 spiro atoms. The van der Waals surface area contributed by atoms with Crippen molar-refractivity contribution >= 4 is 35.4 Å². The molecule has 0 aromatic heterocycles. The van der Waals surface area contributed by atoms with Crippen molar-refractivity contribution in [3.05, 3.63) is 60.2 Å². The lowest BCUT2D eigenvalue weighted by atomic mass is 10.2. The molecule has 26 heavy (non-hydrogen) atoms. The second kappa shape index (κ2) is 9.62. The van der Waals surface area contributed by atoms with Crippen molar-refractivity contribution in [1.82, 2.24) is 5.32 Å². The van der Waals surface area contributed by atoms with E-state index in [-0.39, 0.29) is 0 Å². The number of para-hydroxylation sites is 1. The highest BCUT2D eigenvalue weighted by Gasteiger charge is 2.18. The molecule has 7 heteroatoms. The van der Waals surface area contributed by atoms with Crippen molar-refractivity contribution in [1.29, 1.82) is 0 Å². The van der Waals surface area contributed by atoms with Gasteiger partial charge in [-0.05, 0) is 38.1 Å². The quantitative estimate of drug-likeness (QED) is 0.600. The predicted octanol–water partition coefficient (Wildman–Crippen LogP) is 3.37. The number of thioether (sulfide) groups is 1. The van der Waals surface area contributed by atoms with Gasteiger partial charge in [0.25, 0.3) is 5.91 Å². The van der Waals surface area contributed by atoms with Crippen LogP contribution >= 0.6 is 11.8 Å². The zero-order chi connectivity index (χ0) is 18.9. The molecule has 0 saturated carbocycles. The minimum Gasteiger partial charge on any atom is -0.455 e. The minimum absolute atomic E-state index is 0.469. The van der Waals surface area contributed by atoms with Gasteiger partial charge in [-0.15, -0.1) is 11.8 Å². The summed E-state index contributed by atoms with van der Waals surface area (Å²) >= 11 is 1.34. The number of hydrogen-bond acceptors (Lipinski definition) is 5. The van der Waals surface area contributed by atoms with E-state index in [1.165, 1.54) is 11.8 Å². The monoisotopic (exact) mass is 372 g/mol. The first-order valence-corrected chi connectivity index (χ1v) is 8.88. The fourth-order valence-electron chi connectivity index (χ4n) is 1.97. The van der Waals surface area contributed by atoms with Crippen molar-refractivity contribution < 1.29 is 19.1 Å². The summed E-state index contributed by atoms with van der Waals surface area (Å²) in [4.78, 5) is 36.3.